The van der Waals surface area contributed by atoms with E-state index in [1.165, 1.54) is 0 Å². The lowest BCUT2D eigenvalue weighted by Gasteiger charge is -2.31. The molecule has 8 heteroatoms. The molecule has 0 aliphatic carbocycles. The highest BCUT2D eigenvalue weighted by Crippen LogP contribution is 2.39. The normalized spacial score (nSPS) is 14.1. The molecule has 1 atom stereocenters. The number of amides is 2. The van der Waals surface area contributed by atoms with E-state index >= 15 is 0 Å². The molecule has 208 valence electrons. The zero-order chi connectivity index (χ0) is 28.5. The predicted molar refractivity (Wildman–Crippen MR) is 159 cm³/mol. The van der Waals surface area contributed by atoms with Crippen molar-refractivity contribution in [2.45, 2.75) is 32.9 Å². The number of hydrogen-bond acceptors (Lipinski definition) is 4. The first-order chi connectivity index (χ1) is 20.0. The van der Waals surface area contributed by atoms with Gasteiger partial charge in [0.25, 0.3) is 0 Å². The minimum absolute atomic E-state index is 0.242. The van der Waals surface area contributed by atoms with Gasteiger partial charge in [0.1, 0.15) is 17.3 Å². The van der Waals surface area contributed by atoms with Crippen LogP contribution in [0.3, 0.4) is 0 Å². The van der Waals surface area contributed by atoms with Crippen molar-refractivity contribution in [1.82, 2.24) is 19.2 Å². The fourth-order valence-electron chi connectivity index (χ4n) is 5.54. The molecule has 0 saturated heterocycles. The van der Waals surface area contributed by atoms with Gasteiger partial charge in [-0.1, -0.05) is 55.0 Å². The maximum absolute atomic E-state index is 14.3. The number of nitrogens with zero attached hydrogens (tertiary/aromatic N) is 4. The summed E-state index contributed by atoms with van der Waals surface area (Å²) >= 11 is 0. The largest absolute Gasteiger partial charge is 0.497 e. The number of methoxy groups -OCH3 is 2. The van der Waals surface area contributed by atoms with Gasteiger partial charge in [0.05, 0.1) is 49.6 Å². The van der Waals surface area contributed by atoms with Crippen molar-refractivity contribution in [1.29, 1.82) is 0 Å². The zero-order valence-electron chi connectivity index (χ0n) is 23.7. The molecule has 8 nitrogen and oxygen atoms in total. The molecule has 0 radical (unpaired) electrons. The van der Waals surface area contributed by atoms with Crippen LogP contribution in [0.2, 0.25) is 0 Å². The molecule has 5 aromatic rings. The van der Waals surface area contributed by atoms with Crippen molar-refractivity contribution in [2.24, 2.45) is 0 Å². The lowest BCUT2D eigenvalue weighted by atomic mass is 10.0. The zero-order valence-corrected chi connectivity index (χ0v) is 23.7. The molecule has 1 aliphatic heterocycles. The van der Waals surface area contributed by atoms with E-state index in [0.29, 0.717) is 23.7 Å². The molecular weight excluding hydrogens is 514 g/mol. The minimum atomic E-state index is -0.351. The van der Waals surface area contributed by atoms with Crippen LogP contribution in [0.15, 0.2) is 91.1 Å². The fourth-order valence-corrected chi connectivity index (χ4v) is 5.54. The molecule has 0 unspecified atom stereocenters. The number of anilines is 1. The molecule has 0 fully saturated rings. The average Bonchev–Trinajstić information content (AvgIpc) is 3.59. The SMILES string of the molecule is CCc1nn(-c2ccccc2)c2c1CN(C(=O)Nc1ccc(OC)cc1OC)[C@@H](c1ccc(C)cc1)c1cccn1-2. The van der Waals surface area contributed by atoms with Gasteiger partial charge in [-0.05, 0) is 55.3 Å². The molecule has 0 bridgehead atoms. The number of rotatable bonds is 6. The van der Waals surface area contributed by atoms with Gasteiger partial charge in [-0.3, -0.25) is 0 Å². The first-order valence-electron chi connectivity index (χ1n) is 13.7. The maximum Gasteiger partial charge on any atom is 0.323 e. The van der Waals surface area contributed by atoms with Crippen LogP contribution in [0.25, 0.3) is 11.5 Å². The average molecular weight is 548 g/mol. The summed E-state index contributed by atoms with van der Waals surface area (Å²) in [6.45, 7) is 4.54. The van der Waals surface area contributed by atoms with E-state index in [4.69, 9.17) is 14.6 Å². The molecule has 41 heavy (non-hydrogen) atoms. The molecule has 3 aromatic carbocycles. The number of hydrogen-bond donors (Lipinski definition) is 1. The van der Waals surface area contributed by atoms with E-state index in [1.807, 2.05) is 33.8 Å². The van der Waals surface area contributed by atoms with Crippen molar-refractivity contribution < 1.29 is 14.3 Å². The first-order valence-corrected chi connectivity index (χ1v) is 13.7. The van der Waals surface area contributed by atoms with Gasteiger partial charge in [-0.25, -0.2) is 9.48 Å². The quantitative estimate of drug-likeness (QED) is 0.257. The van der Waals surface area contributed by atoms with Crippen LogP contribution < -0.4 is 14.8 Å². The minimum Gasteiger partial charge on any atom is -0.497 e. The Bertz CT molecular complexity index is 1690. The van der Waals surface area contributed by atoms with E-state index < -0.39 is 0 Å². The third-order valence-electron chi connectivity index (χ3n) is 7.61. The van der Waals surface area contributed by atoms with Crippen molar-refractivity contribution >= 4 is 11.7 Å². The smallest absolute Gasteiger partial charge is 0.323 e. The molecule has 0 spiro atoms. The van der Waals surface area contributed by atoms with Crippen LogP contribution in [-0.2, 0) is 13.0 Å². The highest BCUT2D eigenvalue weighted by molar-refractivity contribution is 5.92. The standard InChI is InChI=1S/C33H33N5O3/c1-5-27-26-21-37(33(39)34-28-18-17-25(40-3)20-30(28)41-4)31(23-15-13-22(2)14-16-23)29-12-9-19-36(29)32(26)38(35-27)24-10-7-6-8-11-24/h6-20,31H,5,21H2,1-4H3,(H,34,39)/t31-/m0/s1. The highest BCUT2D eigenvalue weighted by atomic mass is 16.5. The number of urea groups is 1. The van der Waals surface area contributed by atoms with Crippen LogP contribution in [0.4, 0.5) is 10.5 Å². The Morgan fingerprint density at radius 3 is 2.46 bits per heavy atom. The Kier molecular flexibility index (Phi) is 6.97. The first kappa shape index (κ1) is 26.3. The second-order valence-corrected chi connectivity index (χ2v) is 10.1. The van der Waals surface area contributed by atoms with Gasteiger partial charge in [-0.15, -0.1) is 0 Å². The van der Waals surface area contributed by atoms with Crippen molar-refractivity contribution in [2.75, 3.05) is 19.5 Å². The summed E-state index contributed by atoms with van der Waals surface area (Å²) in [7, 11) is 3.18. The van der Waals surface area contributed by atoms with Crippen LogP contribution in [-0.4, -0.2) is 39.5 Å². The van der Waals surface area contributed by atoms with Gasteiger partial charge >= 0.3 is 6.03 Å². The number of carbonyl (C=O) groups is 1. The summed E-state index contributed by atoms with van der Waals surface area (Å²) < 4.78 is 15.1. The fraction of sp³-hybridized carbons (Fsp3) is 0.212. The van der Waals surface area contributed by atoms with Crippen molar-refractivity contribution in [3.8, 4) is 23.0 Å². The van der Waals surface area contributed by atoms with Crippen LogP contribution in [0.1, 0.15) is 41.0 Å². The second kappa shape index (κ2) is 10.9. The number of para-hydroxylation sites is 1. The Morgan fingerprint density at radius 1 is 0.976 bits per heavy atom. The third-order valence-corrected chi connectivity index (χ3v) is 7.61. The third kappa shape index (κ3) is 4.71. The van der Waals surface area contributed by atoms with Gasteiger partial charge in [0.15, 0.2) is 0 Å². The summed E-state index contributed by atoms with van der Waals surface area (Å²) in [5.74, 6) is 2.12. The molecule has 2 aromatic heterocycles. The van der Waals surface area contributed by atoms with Crippen LogP contribution in [0.5, 0.6) is 11.5 Å². The molecule has 1 N–H and O–H groups in total. The number of carbonyl (C=O) groups excluding carboxylic acids is 1. The number of benzene rings is 3. The second-order valence-electron chi connectivity index (χ2n) is 10.1. The molecule has 2 amide bonds. The Hall–Kier alpha value is -4.98. The van der Waals surface area contributed by atoms with E-state index in [0.717, 1.165) is 46.0 Å². The molecule has 0 saturated carbocycles. The molecular formula is C33H33N5O3. The number of aryl methyl sites for hydroxylation is 2. The summed E-state index contributed by atoms with van der Waals surface area (Å²) in [5, 5.41) is 8.16. The monoisotopic (exact) mass is 547 g/mol. The van der Waals surface area contributed by atoms with E-state index in [9.17, 15) is 4.79 Å². The molecule has 6 rings (SSSR count). The van der Waals surface area contributed by atoms with Crippen LogP contribution in [0, 0.1) is 6.92 Å². The van der Waals surface area contributed by atoms with E-state index in [2.05, 4.69) is 72.4 Å². The van der Waals surface area contributed by atoms with Gasteiger partial charge < -0.3 is 24.3 Å². The maximum atomic E-state index is 14.3. The molecule has 3 heterocycles. The van der Waals surface area contributed by atoms with Crippen molar-refractivity contribution in [3.05, 3.63) is 119 Å². The lowest BCUT2D eigenvalue weighted by Crippen LogP contribution is -2.38. The molecule has 1 aliphatic rings. The van der Waals surface area contributed by atoms with Gasteiger partial charge in [0, 0.05) is 17.8 Å². The summed E-state index contributed by atoms with van der Waals surface area (Å²) in [6.07, 6.45) is 2.79. The van der Waals surface area contributed by atoms with Gasteiger partial charge in [0.2, 0.25) is 0 Å². The number of fused-ring (bicyclic) bond motifs is 3. The number of aromatic nitrogens is 3. The highest BCUT2D eigenvalue weighted by Gasteiger charge is 2.36. The Labute approximate surface area is 239 Å². The Morgan fingerprint density at radius 2 is 1.76 bits per heavy atom. The van der Waals surface area contributed by atoms with Gasteiger partial charge in [-0.2, -0.15) is 5.10 Å². The summed E-state index contributed by atoms with van der Waals surface area (Å²) in [6, 6.07) is 27.4. The Balaban J connectivity index is 1.52. The summed E-state index contributed by atoms with van der Waals surface area (Å²) in [4.78, 5) is 16.2. The van der Waals surface area contributed by atoms with E-state index in [-0.39, 0.29) is 12.1 Å². The number of nitrogens with one attached hydrogen (secondary N) is 1. The van der Waals surface area contributed by atoms with Crippen molar-refractivity contribution in [3.63, 3.8) is 0 Å². The number of ether oxygens (including phenoxy) is 2. The lowest BCUT2D eigenvalue weighted by molar-refractivity contribution is 0.194. The topological polar surface area (TPSA) is 73.6 Å². The van der Waals surface area contributed by atoms with E-state index in [1.54, 1.807) is 32.4 Å². The van der Waals surface area contributed by atoms with Crippen LogP contribution >= 0.6 is 0 Å². The predicted octanol–water partition coefficient (Wildman–Crippen LogP) is 6.69. The summed E-state index contributed by atoms with van der Waals surface area (Å²) in [5.41, 5.74) is 6.66.